The fraction of sp³-hybridized carbons (Fsp3) is 0.600. The minimum atomic E-state index is -4.45. The van der Waals surface area contributed by atoms with Crippen molar-refractivity contribution in [2.45, 2.75) is 45.7 Å². The zero-order valence-electron chi connectivity index (χ0n) is 16.3. The number of hydrogen-bond acceptors (Lipinski definition) is 2. The van der Waals surface area contributed by atoms with E-state index >= 15 is 0 Å². The number of alkyl halides is 3. The summed E-state index contributed by atoms with van der Waals surface area (Å²) in [5.41, 5.74) is -0.678. The third-order valence-electron chi connectivity index (χ3n) is 5.16. The van der Waals surface area contributed by atoms with Gasteiger partial charge in [-0.3, -0.25) is 4.79 Å². The van der Waals surface area contributed by atoms with Gasteiger partial charge in [0.05, 0.1) is 5.56 Å². The van der Waals surface area contributed by atoms with Crippen LogP contribution in [-0.4, -0.2) is 36.5 Å². The lowest BCUT2D eigenvalue weighted by molar-refractivity contribution is -0.137. The van der Waals surface area contributed by atoms with Gasteiger partial charge in [-0.15, -0.1) is 0 Å². The second kappa shape index (κ2) is 9.80. The summed E-state index contributed by atoms with van der Waals surface area (Å²) in [6.45, 7) is 5.65. The van der Waals surface area contributed by atoms with Gasteiger partial charge in [-0.05, 0) is 42.9 Å². The Morgan fingerprint density at radius 2 is 1.96 bits per heavy atom. The van der Waals surface area contributed by atoms with Gasteiger partial charge in [0.1, 0.15) is 0 Å². The Hall–Kier alpha value is -2.25. The number of anilines is 1. The Balaban J connectivity index is 1.94. The molecule has 1 aliphatic rings. The summed E-state index contributed by atoms with van der Waals surface area (Å²) in [6.07, 6.45) is -1.59. The highest BCUT2D eigenvalue weighted by Gasteiger charge is 2.33. The molecule has 3 amide bonds. The fourth-order valence-electron chi connectivity index (χ4n) is 3.55. The van der Waals surface area contributed by atoms with Gasteiger partial charge in [0, 0.05) is 31.7 Å². The van der Waals surface area contributed by atoms with E-state index in [4.69, 9.17) is 0 Å². The van der Waals surface area contributed by atoms with Gasteiger partial charge in [0.15, 0.2) is 0 Å². The molecule has 2 atom stereocenters. The standard InChI is InChI=1S/C20H28F3N3O2/c1-3-9-24-18(27)11-15-8-10-26(13-14(15)4-2)19(28)25-17-7-5-6-16(12-17)20(21,22)23/h5-7,12,14-15H,3-4,8-11,13H2,1-2H3,(H,24,27)(H,25,28)/t14-,15+/m0/s1. The fourth-order valence-corrected chi connectivity index (χ4v) is 3.55. The molecule has 1 aromatic carbocycles. The van der Waals surface area contributed by atoms with Crippen LogP contribution in [0.4, 0.5) is 23.7 Å². The largest absolute Gasteiger partial charge is 0.416 e. The first-order valence-electron chi connectivity index (χ1n) is 9.74. The van der Waals surface area contributed by atoms with Gasteiger partial charge in [-0.2, -0.15) is 13.2 Å². The number of halogens is 3. The summed E-state index contributed by atoms with van der Waals surface area (Å²) in [4.78, 5) is 26.1. The Kier molecular flexibility index (Phi) is 7.71. The predicted octanol–water partition coefficient (Wildman–Crippen LogP) is 4.50. The summed E-state index contributed by atoms with van der Waals surface area (Å²) < 4.78 is 38.5. The quantitative estimate of drug-likeness (QED) is 0.740. The first-order chi connectivity index (χ1) is 13.2. The van der Waals surface area contributed by atoms with Gasteiger partial charge in [0.2, 0.25) is 5.91 Å². The zero-order chi connectivity index (χ0) is 20.7. The van der Waals surface area contributed by atoms with Crippen molar-refractivity contribution < 1.29 is 22.8 Å². The maximum atomic E-state index is 12.8. The van der Waals surface area contributed by atoms with Crippen LogP contribution in [0.25, 0.3) is 0 Å². The van der Waals surface area contributed by atoms with Crippen LogP contribution in [0.15, 0.2) is 24.3 Å². The van der Waals surface area contributed by atoms with Gasteiger partial charge >= 0.3 is 12.2 Å². The Labute approximate surface area is 163 Å². The van der Waals surface area contributed by atoms with Crippen LogP contribution in [0.1, 0.15) is 45.1 Å². The van der Waals surface area contributed by atoms with Crippen molar-refractivity contribution in [2.75, 3.05) is 25.0 Å². The first-order valence-corrected chi connectivity index (χ1v) is 9.74. The molecule has 2 rings (SSSR count). The molecule has 1 aliphatic heterocycles. The van der Waals surface area contributed by atoms with E-state index in [2.05, 4.69) is 10.6 Å². The van der Waals surface area contributed by atoms with Crippen LogP contribution in [0.5, 0.6) is 0 Å². The molecule has 1 aromatic rings. The van der Waals surface area contributed by atoms with E-state index in [0.29, 0.717) is 32.5 Å². The van der Waals surface area contributed by atoms with Crippen molar-refractivity contribution >= 4 is 17.6 Å². The molecule has 2 N–H and O–H groups in total. The molecule has 28 heavy (non-hydrogen) atoms. The number of nitrogens with one attached hydrogen (secondary N) is 2. The number of carbonyl (C=O) groups is 2. The maximum Gasteiger partial charge on any atom is 0.416 e. The normalized spacial score (nSPS) is 20.0. The SMILES string of the molecule is CCCNC(=O)C[C@H]1CCN(C(=O)Nc2cccc(C(F)(F)F)c2)C[C@@H]1CC. The van der Waals surface area contributed by atoms with Crippen molar-refractivity contribution in [2.24, 2.45) is 11.8 Å². The number of piperidine rings is 1. The Morgan fingerprint density at radius 1 is 1.21 bits per heavy atom. The van der Waals surface area contributed by atoms with Gasteiger partial charge < -0.3 is 15.5 Å². The summed E-state index contributed by atoms with van der Waals surface area (Å²) in [6, 6.07) is 4.20. The molecule has 1 heterocycles. The Morgan fingerprint density at radius 3 is 2.61 bits per heavy atom. The van der Waals surface area contributed by atoms with E-state index in [0.717, 1.165) is 25.0 Å². The van der Waals surface area contributed by atoms with E-state index in [9.17, 15) is 22.8 Å². The molecule has 0 unspecified atom stereocenters. The highest BCUT2D eigenvalue weighted by molar-refractivity contribution is 5.89. The number of amides is 3. The van der Waals surface area contributed by atoms with Gasteiger partial charge in [-0.1, -0.05) is 26.3 Å². The summed E-state index contributed by atoms with van der Waals surface area (Å²) in [5.74, 6) is 0.431. The molecule has 5 nitrogen and oxygen atoms in total. The number of rotatable bonds is 6. The third-order valence-corrected chi connectivity index (χ3v) is 5.16. The molecule has 0 bridgehead atoms. The van der Waals surface area contributed by atoms with Crippen LogP contribution in [-0.2, 0) is 11.0 Å². The molecule has 0 spiro atoms. The topological polar surface area (TPSA) is 61.4 Å². The molecule has 0 aromatic heterocycles. The number of hydrogen-bond donors (Lipinski definition) is 2. The molecular weight excluding hydrogens is 371 g/mol. The highest BCUT2D eigenvalue weighted by atomic mass is 19.4. The van der Waals surface area contributed by atoms with Crippen molar-refractivity contribution in [1.82, 2.24) is 10.2 Å². The van der Waals surface area contributed by atoms with Crippen LogP contribution in [0.2, 0.25) is 0 Å². The Bertz CT molecular complexity index is 679. The van der Waals surface area contributed by atoms with E-state index in [1.807, 2.05) is 13.8 Å². The average molecular weight is 399 g/mol. The molecule has 1 fully saturated rings. The van der Waals surface area contributed by atoms with Gasteiger partial charge in [0.25, 0.3) is 0 Å². The first kappa shape index (κ1) is 22.0. The maximum absolute atomic E-state index is 12.8. The lowest BCUT2D eigenvalue weighted by Gasteiger charge is -2.38. The van der Waals surface area contributed by atoms with E-state index in [-0.39, 0.29) is 23.4 Å². The molecule has 0 aliphatic carbocycles. The smallest absolute Gasteiger partial charge is 0.356 e. The number of carbonyl (C=O) groups excluding carboxylic acids is 2. The summed E-state index contributed by atoms with van der Waals surface area (Å²) in [5, 5.41) is 5.44. The van der Waals surface area contributed by atoms with E-state index < -0.39 is 17.8 Å². The van der Waals surface area contributed by atoms with Crippen molar-refractivity contribution in [3.63, 3.8) is 0 Å². The summed E-state index contributed by atoms with van der Waals surface area (Å²) in [7, 11) is 0. The number of urea groups is 1. The predicted molar refractivity (Wildman–Crippen MR) is 102 cm³/mol. The average Bonchev–Trinajstić information content (AvgIpc) is 2.66. The van der Waals surface area contributed by atoms with Crippen LogP contribution >= 0.6 is 0 Å². The molecule has 0 radical (unpaired) electrons. The van der Waals surface area contributed by atoms with Crippen LogP contribution in [0.3, 0.4) is 0 Å². The lowest BCUT2D eigenvalue weighted by Crippen LogP contribution is -2.46. The van der Waals surface area contributed by atoms with Gasteiger partial charge in [-0.25, -0.2) is 4.79 Å². The number of likely N-dealkylation sites (tertiary alicyclic amines) is 1. The molecule has 156 valence electrons. The minimum absolute atomic E-state index is 0.0344. The van der Waals surface area contributed by atoms with E-state index in [1.54, 1.807) is 4.90 Å². The molecule has 1 saturated heterocycles. The minimum Gasteiger partial charge on any atom is -0.356 e. The second-order valence-corrected chi connectivity index (χ2v) is 7.23. The van der Waals surface area contributed by atoms with Crippen molar-refractivity contribution in [3.8, 4) is 0 Å². The zero-order valence-corrected chi connectivity index (χ0v) is 16.3. The van der Waals surface area contributed by atoms with Crippen molar-refractivity contribution in [3.05, 3.63) is 29.8 Å². The number of nitrogens with zero attached hydrogens (tertiary/aromatic N) is 1. The lowest BCUT2D eigenvalue weighted by atomic mass is 9.81. The monoisotopic (exact) mass is 399 g/mol. The highest BCUT2D eigenvalue weighted by Crippen LogP contribution is 2.32. The summed E-state index contributed by atoms with van der Waals surface area (Å²) >= 11 is 0. The second-order valence-electron chi connectivity index (χ2n) is 7.23. The molecule has 8 heteroatoms. The molecule has 0 saturated carbocycles. The third kappa shape index (κ3) is 6.14. The van der Waals surface area contributed by atoms with E-state index in [1.165, 1.54) is 12.1 Å². The van der Waals surface area contributed by atoms with Crippen molar-refractivity contribution in [1.29, 1.82) is 0 Å². The molecular formula is C20H28F3N3O2. The van der Waals surface area contributed by atoms with Crippen LogP contribution < -0.4 is 10.6 Å². The number of benzene rings is 1. The van der Waals surface area contributed by atoms with Crippen LogP contribution in [0, 0.1) is 11.8 Å².